The molecule has 0 amide bonds. The highest BCUT2D eigenvalue weighted by atomic mass is 15.1. The van der Waals surface area contributed by atoms with Gasteiger partial charge < -0.3 is 10.6 Å². The van der Waals surface area contributed by atoms with E-state index in [4.69, 9.17) is 5.26 Å². The van der Waals surface area contributed by atoms with Crippen LogP contribution in [0.25, 0.3) is 0 Å². The Kier molecular flexibility index (Phi) is 1.59. The van der Waals surface area contributed by atoms with Crippen molar-refractivity contribution in [3.63, 3.8) is 0 Å². The highest BCUT2D eigenvalue weighted by molar-refractivity contribution is 5.09. The van der Waals surface area contributed by atoms with E-state index in [-0.39, 0.29) is 0 Å². The normalized spacial score (nSPS) is 41.9. The Labute approximate surface area is 66.8 Å². The SMILES string of the molecule is N#CCC1CNCC12CCN2. The summed E-state index contributed by atoms with van der Waals surface area (Å²) in [5, 5.41) is 15.4. The molecule has 2 saturated heterocycles. The highest BCUT2D eigenvalue weighted by Crippen LogP contribution is 2.32. The van der Waals surface area contributed by atoms with Gasteiger partial charge in [0.15, 0.2) is 0 Å². The van der Waals surface area contributed by atoms with Crippen molar-refractivity contribution < 1.29 is 0 Å². The summed E-state index contributed by atoms with van der Waals surface area (Å²) < 4.78 is 0. The maximum absolute atomic E-state index is 8.57. The monoisotopic (exact) mass is 151 g/mol. The molecule has 2 fully saturated rings. The molecule has 0 aliphatic carbocycles. The minimum Gasteiger partial charge on any atom is -0.315 e. The second-order valence-corrected chi connectivity index (χ2v) is 3.52. The fraction of sp³-hybridized carbons (Fsp3) is 0.875. The first-order valence-electron chi connectivity index (χ1n) is 4.20. The molecule has 0 bridgehead atoms. The molecular weight excluding hydrogens is 138 g/mol. The van der Waals surface area contributed by atoms with Crippen LogP contribution in [0.2, 0.25) is 0 Å². The summed E-state index contributed by atoms with van der Waals surface area (Å²) in [6.07, 6.45) is 1.94. The maximum atomic E-state index is 8.57. The minimum absolute atomic E-state index is 0.301. The summed E-state index contributed by atoms with van der Waals surface area (Å²) in [6, 6.07) is 2.25. The molecule has 3 heteroatoms. The van der Waals surface area contributed by atoms with Gasteiger partial charge in [0.25, 0.3) is 0 Å². The largest absolute Gasteiger partial charge is 0.315 e. The van der Waals surface area contributed by atoms with Crippen molar-refractivity contribution in [2.75, 3.05) is 19.6 Å². The first-order chi connectivity index (χ1) is 5.37. The Morgan fingerprint density at radius 3 is 3.00 bits per heavy atom. The molecule has 2 aliphatic heterocycles. The third-order valence-electron chi connectivity index (χ3n) is 3.00. The first-order valence-corrected chi connectivity index (χ1v) is 4.20. The van der Waals surface area contributed by atoms with Gasteiger partial charge in [0.2, 0.25) is 0 Å². The Morgan fingerprint density at radius 1 is 1.64 bits per heavy atom. The summed E-state index contributed by atoms with van der Waals surface area (Å²) >= 11 is 0. The molecule has 2 aliphatic rings. The smallest absolute Gasteiger partial charge is 0.0625 e. The summed E-state index contributed by atoms with van der Waals surface area (Å²) in [5.41, 5.74) is 0.301. The average molecular weight is 151 g/mol. The fourth-order valence-corrected chi connectivity index (χ4v) is 2.13. The third-order valence-corrected chi connectivity index (χ3v) is 3.00. The third kappa shape index (κ3) is 0.943. The molecule has 60 valence electrons. The van der Waals surface area contributed by atoms with Crippen molar-refractivity contribution in [3.05, 3.63) is 0 Å². The number of nitrogens with one attached hydrogen (secondary N) is 2. The van der Waals surface area contributed by atoms with Crippen LogP contribution in [-0.2, 0) is 0 Å². The Balaban J connectivity index is 2.03. The molecule has 0 radical (unpaired) electrons. The van der Waals surface area contributed by atoms with Crippen LogP contribution in [0.5, 0.6) is 0 Å². The summed E-state index contributed by atoms with van der Waals surface area (Å²) in [4.78, 5) is 0. The molecule has 0 saturated carbocycles. The van der Waals surface area contributed by atoms with E-state index >= 15 is 0 Å². The minimum atomic E-state index is 0.301. The topological polar surface area (TPSA) is 47.9 Å². The van der Waals surface area contributed by atoms with Gasteiger partial charge in [-0.1, -0.05) is 0 Å². The van der Waals surface area contributed by atoms with E-state index in [0.29, 0.717) is 17.9 Å². The second kappa shape index (κ2) is 2.47. The summed E-state index contributed by atoms with van der Waals surface area (Å²) in [7, 11) is 0. The van der Waals surface area contributed by atoms with Crippen molar-refractivity contribution in [1.29, 1.82) is 5.26 Å². The lowest BCUT2D eigenvalue weighted by atomic mass is 9.77. The van der Waals surface area contributed by atoms with Crippen LogP contribution < -0.4 is 10.6 Å². The first kappa shape index (κ1) is 7.08. The van der Waals surface area contributed by atoms with Crippen molar-refractivity contribution in [3.8, 4) is 6.07 Å². The Hall–Kier alpha value is -0.590. The zero-order chi connectivity index (χ0) is 7.73. The highest BCUT2D eigenvalue weighted by Gasteiger charge is 2.46. The van der Waals surface area contributed by atoms with E-state index in [1.807, 2.05) is 0 Å². The molecule has 11 heavy (non-hydrogen) atoms. The number of nitrogens with zero attached hydrogens (tertiary/aromatic N) is 1. The van der Waals surface area contributed by atoms with Crippen molar-refractivity contribution in [1.82, 2.24) is 10.6 Å². The van der Waals surface area contributed by atoms with Crippen molar-refractivity contribution in [2.45, 2.75) is 18.4 Å². The quantitative estimate of drug-likeness (QED) is 0.548. The van der Waals surface area contributed by atoms with Gasteiger partial charge in [-0.05, 0) is 13.0 Å². The predicted octanol–water partition coefficient (Wildman–Crippen LogP) is -0.148. The molecule has 0 aromatic heterocycles. The van der Waals surface area contributed by atoms with Gasteiger partial charge in [0.1, 0.15) is 0 Å². The lowest BCUT2D eigenvalue weighted by molar-refractivity contribution is 0.170. The van der Waals surface area contributed by atoms with Crippen LogP contribution in [0, 0.1) is 17.2 Å². The Bertz CT molecular complexity index is 190. The average Bonchev–Trinajstić information content (AvgIpc) is 2.31. The molecule has 0 aromatic carbocycles. The lowest BCUT2D eigenvalue weighted by Gasteiger charge is -2.43. The van der Waals surface area contributed by atoms with Gasteiger partial charge in [0.05, 0.1) is 6.07 Å². The van der Waals surface area contributed by atoms with Gasteiger partial charge in [-0.2, -0.15) is 5.26 Å². The summed E-state index contributed by atoms with van der Waals surface area (Å²) in [5.74, 6) is 0.543. The number of hydrogen-bond acceptors (Lipinski definition) is 3. The van der Waals surface area contributed by atoms with Gasteiger partial charge >= 0.3 is 0 Å². The fourth-order valence-electron chi connectivity index (χ4n) is 2.13. The molecule has 0 aromatic rings. The Morgan fingerprint density at radius 2 is 2.45 bits per heavy atom. The summed E-state index contributed by atoms with van der Waals surface area (Å²) in [6.45, 7) is 3.20. The zero-order valence-corrected chi connectivity index (χ0v) is 6.56. The molecule has 2 N–H and O–H groups in total. The molecule has 1 spiro atoms. The van der Waals surface area contributed by atoms with Crippen LogP contribution in [0.15, 0.2) is 0 Å². The molecule has 2 heterocycles. The second-order valence-electron chi connectivity index (χ2n) is 3.52. The number of rotatable bonds is 1. The molecule has 2 atom stereocenters. The number of nitriles is 1. The van der Waals surface area contributed by atoms with Crippen LogP contribution in [0.3, 0.4) is 0 Å². The van der Waals surface area contributed by atoms with Gasteiger partial charge in [-0.25, -0.2) is 0 Å². The van der Waals surface area contributed by atoms with E-state index in [1.54, 1.807) is 0 Å². The van der Waals surface area contributed by atoms with Crippen molar-refractivity contribution >= 4 is 0 Å². The predicted molar refractivity (Wildman–Crippen MR) is 41.9 cm³/mol. The van der Waals surface area contributed by atoms with Crippen molar-refractivity contribution in [2.24, 2.45) is 5.92 Å². The van der Waals surface area contributed by atoms with Crippen LogP contribution in [-0.4, -0.2) is 25.2 Å². The maximum Gasteiger partial charge on any atom is 0.0625 e. The molecular formula is C8H13N3. The van der Waals surface area contributed by atoms with Gasteiger partial charge in [-0.15, -0.1) is 0 Å². The van der Waals surface area contributed by atoms with Gasteiger partial charge in [0, 0.05) is 31.0 Å². The molecule has 2 rings (SSSR count). The van der Waals surface area contributed by atoms with E-state index in [1.165, 1.54) is 6.42 Å². The van der Waals surface area contributed by atoms with E-state index in [9.17, 15) is 0 Å². The molecule has 3 nitrogen and oxygen atoms in total. The van der Waals surface area contributed by atoms with E-state index in [0.717, 1.165) is 19.6 Å². The van der Waals surface area contributed by atoms with E-state index in [2.05, 4.69) is 16.7 Å². The van der Waals surface area contributed by atoms with E-state index < -0.39 is 0 Å². The van der Waals surface area contributed by atoms with Crippen LogP contribution >= 0.6 is 0 Å². The zero-order valence-electron chi connectivity index (χ0n) is 6.56. The van der Waals surface area contributed by atoms with Gasteiger partial charge in [-0.3, -0.25) is 0 Å². The molecule has 2 unspecified atom stereocenters. The van der Waals surface area contributed by atoms with Crippen LogP contribution in [0.1, 0.15) is 12.8 Å². The van der Waals surface area contributed by atoms with Crippen LogP contribution in [0.4, 0.5) is 0 Å². The lowest BCUT2D eigenvalue weighted by Crippen LogP contribution is -2.62. The standard InChI is InChI=1S/C8H13N3/c9-3-1-7-5-10-6-8(7)2-4-11-8/h7,10-11H,1-2,4-6H2. The number of hydrogen-bond donors (Lipinski definition) is 2.